The summed E-state index contributed by atoms with van der Waals surface area (Å²) in [5, 5.41) is 5.63. The molecule has 154 valence electrons. The number of alkyl halides is 3. The van der Waals surface area contributed by atoms with Gasteiger partial charge >= 0.3 is 6.36 Å². The van der Waals surface area contributed by atoms with E-state index < -0.39 is 38.6 Å². The lowest BCUT2D eigenvalue weighted by Gasteiger charge is -2.35. The van der Waals surface area contributed by atoms with Crippen molar-refractivity contribution in [1.82, 2.24) is 10.6 Å². The molecule has 11 heteroatoms. The number of halogens is 4. The van der Waals surface area contributed by atoms with Crippen molar-refractivity contribution in [3.05, 3.63) is 29.8 Å². The van der Waals surface area contributed by atoms with Gasteiger partial charge in [0.05, 0.1) is 6.04 Å². The van der Waals surface area contributed by atoms with Gasteiger partial charge in [0.2, 0.25) is 5.91 Å². The molecule has 1 saturated heterocycles. The second kappa shape index (κ2) is 8.66. The van der Waals surface area contributed by atoms with Gasteiger partial charge in [-0.15, -0.1) is 25.6 Å². The van der Waals surface area contributed by atoms with Gasteiger partial charge in [0.1, 0.15) is 5.75 Å². The number of benzene rings is 1. The molecule has 1 fully saturated rings. The predicted octanol–water partition coefficient (Wildman–Crippen LogP) is 2.35. The van der Waals surface area contributed by atoms with Gasteiger partial charge in [-0.25, -0.2) is 8.42 Å². The molecule has 1 aromatic carbocycles. The number of rotatable bonds is 5. The topological polar surface area (TPSA) is 84.5 Å². The minimum Gasteiger partial charge on any atom is -0.406 e. The quantitative estimate of drug-likeness (QED) is 0.749. The van der Waals surface area contributed by atoms with Crippen molar-refractivity contribution in [3.63, 3.8) is 0 Å². The first-order valence-corrected chi connectivity index (χ1v) is 9.91. The molecular weight excluding hydrogens is 409 g/mol. The van der Waals surface area contributed by atoms with Crippen molar-refractivity contribution in [2.24, 2.45) is 0 Å². The van der Waals surface area contributed by atoms with E-state index in [1.165, 1.54) is 12.1 Å². The average molecular weight is 431 g/mol. The number of carbonyl (C=O) groups excluding carboxylic acids is 1. The molecule has 1 aliphatic rings. The lowest BCUT2D eigenvalue weighted by atomic mass is 9.95. The first kappa shape index (κ1) is 23.5. The van der Waals surface area contributed by atoms with Crippen molar-refractivity contribution in [3.8, 4) is 5.75 Å². The van der Waals surface area contributed by atoms with Crippen LogP contribution in [0.3, 0.4) is 0 Å². The van der Waals surface area contributed by atoms with Gasteiger partial charge in [-0.2, -0.15) is 0 Å². The van der Waals surface area contributed by atoms with E-state index >= 15 is 0 Å². The van der Waals surface area contributed by atoms with E-state index in [1.807, 2.05) is 0 Å². The van der Waals surface area contributed by atoms with E-state index in [1.54, 1.807) is 6.92 Å². The monoisotopic (exact) mass is 430 g/mol. The number of carbonyl (C=O) groups is 1. The Morgan fingerprint density at radius 2 is 1.89 bits per heavy atom. The van der Waals surface area contributed by atoms with E-state index in [0.29, 0.717) is 18.7 Å². The maximum absolute atomic E-state index is 12.7. The van der Waals surface area contributed by atoms with Gasteiger partial charge in [-0.1, -0.05) is 12.1 Å². The number of piperidine rings is 1. The Balaban J connectivity index is 0.00000364. The second-order valence-corrected chi connectivity index (χ2v) is 8.66. The highest BCUT2D eigenvalue weighted by Gasteiger charge is 2.48. The van der Waals surface area contributed by atoms with Gasteiger partial charge in [0, 0.05) is 6.26 Å². The van der Waals surface area contributed by atoms with E-state index in [4.69, 9.17) is 0 Å². The summed E-state index contributed by atoms with van der Waals surface area (Å²) in [6.45, 7) is 2.36. The Hall–Kier alpha value is -1.52. The Morgan fingerprint density at radius 1 is 1.30 bits per heavy atom. The van der Waals surface area contributed by atoms with Crippen LogP contribution in [0.1, 0.15) is 31.4 Å². The van der Waals surface area contributed by atoms with E-state index in [2.05, 4.69) is 15.4 Å². The standard InChI is InChI=1S/C16H21F3N2O4S.ClH/c1-11(12-4-3-5-13(10-12)25-16(17,18)19)21-14(22)15(26(2,23)24)6-8-20-9-7-15;/h3-5,10-11,20H,6-9H2,1-2H3,(H,21,22);1H. The molecule has 1 unspecified atom stereocenters. The number of amides is 1. The molecule has 6 nitrogen and oxygen atoms in total. The van der Waals surface area contributed by atoms with Crippen molar-refractivity contribution >= 4 is 28.2 Å². The highest BCUT2D eigenvalue weighted by molar-refractivity contribution is 7.92. The summed E-state index contributed by atoms with van der Waals surface area (Å²) in [7, 11) is -3.67. The molecule has 2 rings (SSSR count). The van der Waals surface area contributed by atoms with Crippen molar-refractivity contribution < 1.29 is 31.1 Å². The molecule has 0 bridgehead atoms. The van der Waals surface area contributed by atoms with Gasteiger partial charge < -0.3 is 15.4 Å². The third-order valence-electron chi connectivity index (χ3n) is 4.47. The number of hydrogen-bond donors (Lipinski definition) is 2. The van der Waals surface area contributed by atoms with Crippen LogP contribution in [-0.2, 0) is 14.6 Å². The van der Waals surface area contributed by atoms with Gasteiger partial charge in [0.15, 0.2) is 14.6 Å². The van der Waals surface area contributed by atoms with Gasteiger partial charge in [-0.3, -0.25) is 4.79 Å². The summed E-state index contributed by atoms with van der Waals surface area (Å²) < 4.78 is 63.9. The average Bonchev–Trinajstić information content (AvgIpc) is 2.53. The van der Waals surface area contributed by atoms with Crippen LogP contribution in [0.5, 0.6) is 5.75 Å². The highest BCUT2D eigenvalue weighted by atomic mass is 35.5. The Morgan fingerprint density at radius 3 is 2.41 bits per heavy atom. The van der Waals surface area contributed by atoms with E-state index in [-0.39, 0.29) is 25.2 Å². The largest absolute Gasteiger partial charge is 0.573 e. The molecule has 0 spiro atoms. The third kappa shape index (κ3) is 5.73. The molecule has 1 heterocycles. The van der Waals surface area contributed by atoms with Crippen molar-refractivity contribution in [1.29, 1.82) is 0 Å². The van der Waals surface area contributed by atoms with Crippen LogP contribution in [0.2, 0.25) is 0 Å². The normalized spacial score (nSPS) is 18.1. The lowest BCUT2D eigenvalue weighted by Crippen LogP contribution is -2.57. The molecule has 1 atom stereocenters. The molecule has 0 radical (unpaired) electrons. The van der Waals surface area contributed by atoms with Crippen LogP contribution in [-0.4, -0.2) is 44.8 Å². The van der Waals surface area contributed by atoms with Crippen molar-refractivity contribution in [2.45, 2.75) is 36.9 Å². The zero-order valence-corrected chi connectivity index (χ0v) is 16.4. The molecule has 1 aromatic rings. The number of nitrogens with one attached hydrogen (secondary N) is 2. The third-order valence-corrected chi connectivity index (χ3v) is 6.49. The summed E-state index contributed by atoms with van der Waals surface area (Å²) in [5.74, 6) is -1.05. The van der Waals surface area contributed by atoms with Crippen LogP contribution >= 0.6 is 12.4 Å². The van der Waals surface area contributed by atoms with Crippen LogP contribution in [0.4, 0.5) is 13.2 Å². The van der Waals surface area contributed by atoms with Crippen molar-refractivity contribution in [2.75, 3.05) is 19.3 Å². The Kier molecular flexibility index (Phi) is 7.54. The molecular formula is C16H22ClF3N2O4S. The lowest BCUT2D eigenvalue weighted by molar-refractivity contribution is -0.274. The zero-order chi connectivity index (χ0) is 19.6. The molecule has 2 N–H and O–H groups in total. The van der Waals surface area contributed by atoms with Crippen LogP contribution in [0.25, 0.3) is 0 Å². The highest BCUT2D eigenvalue weighted by Crippen LogP contribution is 2.30. The fourth-order valence-electron chi connectivity index (χ4n) is 2.99. The van der Waals surface area contributed by atoms with E-state index in [9.17, 15) is 26.4 Å². The smallest absolute Gasteiger partial charge is 0.406 e. The molecule has 27 heavy (non-hydrogen) atoms. The molecule has 1 aliphatic heterocycles. The summed E-state index contributed by atoms with van der Waals surface area (Å²) in [6, 6.07) is 4.53. The van der Waals surface area contributed by atoms with Crippen LogP contribution in [0.15, 0.2) is 24.3 Å². The molecule has 0 aliphatic carbocycles. The number of sulfone groups is 1. The first-order valence-electron chi connectivity index (χ1n) is 8.02. The zero-order valence-electron chi connectivity index (χ0n) is 14.8. The minimum atomic E-state index is -4.82. The SMILES string of the molecule is CC(NC(=O)C1(S(C)(=O)=O)CCNCC1)c1cccc(OC(F)(F)F)c1.Cl. The van der Waals surface area contributed by atoms with E-state index in [0.717, 1.165) is 18.4 Å². The molecule has 0 aromatic heterocycles. The van der Waals surface area contributed by atoms with Crippen LogP contribution in [0, 0.1) is 0 Å². The predicted molar refractivity (Wildman–Crippen MR) is 96.6 cm³/mol. The van der Waals surface area contributed by atoms with Gasteiger partial charge in [-0.05, 0) is 50.6 Å². The maximum atomic E-state index is 12.7. The summed E-state index contributed by atoms with van der Waals surface area (Å²) in [6.07, 6.45) is -3.51. The maximum Gasteiger partial charge on any atom is 0.573 e. The molecule has 0 saturated carbocycles. The fraction of sp³-hybridized carbons (Fsp3) is 0.562. The fourth-order valence-corrected chi connectivity index (χ4v) is 4.33. The Labute approximate surface area is 162 Å². The minimum absolute atomic E-state index is 0. The van der Waals surface area contributed by atoms with Crippen LogP contribution < -0.4 is 15.4 Å². The van der Waals surface area contributed by atoms with Gasteiger partial charge in [0.25, 0.3) is 0 Å². The molecule has 1 amide bonds. The summed E-state index contributed by atoms with van der Waals surface area (Å²) in [5.41, 5.74) is 0.373. The summed E-state index contributed by atoms with van der Waals surface area (Å²) >= 11 is 0. The number of ether oxygens (including phenoxy) is 1. The second-order valence-electron chi connectivity index (χ2n) is 6.33. The Bertz CT molecular complexity index is 765. The number of hydrogen-bond acceptors (Lipinski definition) is 5. The summed E-state index contributed by atoms with van der Waals surface area (Å²) in [4.78, 5) is 12.7. The first-order chi connectivity index (χ1) is 11.9.